The summed E-state index contributed by atoms with van der Waals surface area (Å²) in [5.74, 6) is 1.37. The standard InChI is InChI=1S/C11H22OSi/c1-4-5-7-10-8-6-9-11(10)12-13(2)3/h13H,4-9H2,1-3H3. The van der Waals surface area contributed by atoms with Gasteiger partial charge in [-0.1, -0.05) is 13.3 Å². The number of rotatable bonds is 5. The molecule has 0 fully saturated rings. The van der Waals surface area contributed by atoms with Gasteiger partial charge in [0.2, 0.25) is 9.04 Å². The lowest BCUT2D eigenvalue weighted by Gasteiger charge is -2.12. The first-order valence-electron chi connectivity index (χ1n) is 5.61. The Morgan fingerprint density at radius 3 is 2.69 bits per heavy atom. The van der Waals surface area contributed by atoms with Crippen LogP contribution in [-0.4, -0.2) is 9.04 Å². The fraction of sp³-hybridized carbons (Fsp3) is 0.818. The first-order valence-corrected chi connectivity index (χ1v) is 8.39. The molecule has 1 aliphatic rings. The molecule has 0 bridgehead atoms. The van der Waals surface area contributed by atoms with Gasteiger partial charge in [-0.2, -0.15) is 0 Å². The highest BCUT2D eigenvalue weighted by atomic mass is 28.3. The minimum atomic E-state index is -0.854. The van der Waals surface area contributed by atoms with E-state index in [4.69, 9.17) is 4.43 Å². The molecule has 0 unspecified atom stereocenters. The van der Waals surface area contributed by atoms with Gasteiger partial charge in [0.1, 0.15) is 0 Å². The van der Waals surface area contributed by atoms with Crippen LogP contribution in [0.3, 0.4) is 0 Å². The Hall–Kier alpha value is -0.243. The minimum Gasteiger partial charge on any atom is -0.550 e. The van der Waals surface area contributed by atoms with Crippen LogP contribution in [0.5, 0.6) is 0 Å². The highest BCUT2D eigenvalue weighted by molar-refractivity contribution is 6.48. The Balaban J connectivity index is 2.45. The lowest BCUT2D eigenvalue weighted by molar-refractivity contribution is 0.419. The minimum absolute atomic E-state index is 0.854. The summed E-state index contributed by atoms with van der Waals surface area (Å²) in [4.78, 5) is 0. The van der Waals surface area contributed by atoms with Crippen molar-refractivity contribution in [2.75, 3.05) is 0 Å². The second-order valence-electron chi connectivity index (χ2n) is 4.15. The van der Waals surface area contributed by atoms with Gasteiger partial charge in [-0.3, -0.25) is 0 Å². The topological polar surface area (TPSA) is 9.23 Å². The molecule has 76 valence electrons. The molecule has 0 saturated carbocycles. The van der Waals surface area contributed by atoms with Crippen molar-refractivity contribution in [3.05, 3.63) is 11.3 Å². The number of hydrogen-bond donors (Lipinski definition) is 0. The first-order chi connectivity index (χ1) is 6.24. The molecule has 0 amide bonds. The third kappa shape index (κ3) is 3.55. The van der Waals surface area contributed by atoms with Crippen molar-refractivity contribution in [2.45, 2.75) is 58.5 Å². The molecule has 0 radical (unpaired) electrons. The molecule has 1 rings (SSSR count). The molecule has 2 heteroatoms. The molecule has 0 N–H and O–H groups in total. The summed E-state index contributed by atoms with van der Waals surface area (Å²) in [6.45, 7) is 6.76. The van der Waals surface area contributed by atoms with E-state index in [1.165, 1.54) is 44.3 Å². The quantitative estimate of drug-likeness (QED) is 0.613. The summed E-state index contributed by atoms with van der Waals surface area (Å²) in [5.41, 5.74) is 1.63. The van der Waals surface area contributed by atoms with Crippen molar-refractivity contribution in [2.24, 2.45) is 0 Å². The van der Waals surface area contributed by atoms with Crippen LogP contribution in [-0.2, 0) is 4.43 Å². The smallest absolute Gasteiger partial charge is 0.229 e. The van der Waals surface area contributed by atoms with Crippen LogP contribution in [0.2, 0.25) is 13.1 Å². The van der Waals surface area contributed by atoms with Gasteiger partial charge < -0.3 is 4.43 Å². The van der Waals surface area contributed by atoms with Crippen LogP contribution in [0.15, 0.2) is 11.3 Å². The number of hydrogen-bond acceptors (Lipinski definition) is 1. The molecule has 0 saturated heterocycles. The fourth-order valence-corrected chi connectivity index (χ4v) is 2.71. The lowest BCUT2D eigenvalue weighted by Crippen LogP contribution is -2.07. The summed E-state index contributed by atoms with van der Waals surface area (Å²) in [7, 11) is -0.854. The third-order valence-corrected chi connectivity index (χ3v) is 3.24. The monoisotopic (exact) mass is 198 g/mol. The first kappa shape index (κ1) is 10.8. The van der Waals surface area contributed by atoms with E-state index in [2.05, 4.69) is 20.0 Å². The maximum absolute atomic E-state index is 5.94. The average molecular weight is 198 g/mol. The summed E-state index contributed by atoms with van der Waals surface area (Å²) in [6.07, 6.45) is 7.76. The van der Waals surface area contributed by atoms with E-state index in [9.17, 15) is 0 Å². The van der Waals surface area contributed by atoms with Gasteiger partial charge in [0.15, 0.2) is 0 Å². The molecule has 13 heavy (non-hydrogen) atoms. The lowest BCUT2D eigenvalue weighted by atomic mass is 10.1. The van der Waals surface area contributed by atoms with Crippen molar-refractivity contribution in [3.63, 3.8) is 0 Å². The molecular weight excluding hydrogens is 176 g/mol. The van der Waals surface area contributed by atoms with Gasteiger partial charge in [-0.15, -0.1) is 0 Å². The highest BCUT2D eigenvalue weighted by Crippen LogP contribution is 2.30. The molecule has 1 aliphatic carbocycles. The SMILES string of the molecule is CCCCC1=C(O[SiH](C)C)CCC1. The Bertz CT molecular complexity index is 185. The van der Waals surface area contributed by atoms with E-state index >= 15 is 0 Å². The van der Waals surface area contributed by atoms with E-state index in [1.807, 2.05) is 0 Å². The van der Waals surface area contributed by atoms with Crippen LogP contribution in [0.25, 0.3) is 0 Å². The molecule has 0 heterocycles. The molecule has 0 aromatic rings. The zero-order valence-corrected chi connectivity index (χ0v) is 10.4. The molecule has 0 aromatic heterocycles. The van der Waals surface area contributed by atoms with Crippen molar-refractivity contribution in [1.29, 1.82) is 0 Å². The average Bonchev–Trinajstić information content (AvgIpc) is 2.48. The molecule has 0 spiro atoms. The predicted octanol–water partition coefficient (Wildman–Crippen LogP) is 3.61. The summed E-state index contributed by atoms with van der Waals surface area (Å²) in [5, 5.41) is 0. The van der Waals surface area contributed by atoms with Crippen LogP contribution >= 0.6 is 0 Å². The van der Waals surface area contributed by atoms with Crippen LogP contribution < -0.4 is 0 Å². The third-order valence-electron chi connectivity index (χ3n) is 2.49. The zero-order chi connectivity index (χ0) is 9.68. The normalized spacial score (nSPS) is 17.2. The maximum atomic E-state index is 5.94. The van der Waals surface area contributed by atoms with Crippen molar-refractivity contribution < 1.29 is 4.43 Å². The van der Waals surface area contributed by atoms with Crippen molar-refractivity contribution in [1.82, 2.24) is 0 Å². The molecule has 1 nitrogen and oxygen atoms in total. The molecule has 0 aliphatic heterocycles. The summed E-state index contributed by atoms with van der Waals surface area (Å²) >= 11 is 0. The van der Waals surface area contributed by atoms with E-state index in [0.717, 1.165) is 0 Å². The summed E-state index contributed by atoms with van der Waals surface area (Å²) < 4.78 is 5.94. The Morgan fingerprint density at radius 2 is 2.08 bits per heavy atom. The van der Waals surface area contributed by atoms with Gasteiger partial charge in [-0.05, 0) is 44.4 Å². The van der Waals surface area contributed by atoms with Crippen molar-refractivity contribution >= 4 is 9.04 Å². The Kier molecular flexibility index (Phi) is 4.57. The Labute approximate surface area is 83.9 Å². The summed E-state index contributed by atoms with van der Waals surface area (Å²) in [6, 6.07) is 0. The number of allylic oxidation sites excluding steroid dienone is 2. The van der Waals surface area contributed by atoms with Gasteiger partial charge in [-0.25, -0.2) is 0 Å². The zero-order valence-electron chi connectivity index (χ0n) is 9.23. The van der Waals surface area contributed by atoms with Gasteiger partial charge >= 0.3 is 0 Å². The second kappa shape index (κ2) is 5.48. The Morgan fingerprint density at radius 1 is 1.31 bits per heavy atom. The van der Waals surface area contributed by atoms with Crippen LogP contribution in [0.1, 0.15) is 45.4 Å². The van der Waals surface area contributed by atoms with Gasteiger partial charge in [0, 0.05) is 6.42 Å². The number of unbranched alkanes of at least 4 members (excludes halogenated alkanes) is 1. The van der Waals surface area contributed by atoms with Gasteiger partial charge in [0.05, 0.1) is 5.76 Å². The van der Waals surface area contributed by atoms with E-state index in [0.29, 0.717) is 0 Å². The molecule has 0 aromatic carbocycles. The van der Waals surface area contributed by atoms with Crippen molar-refractivity contribution in [3.8, 4) is 0 Å². The van der Waals surface area contributed by atoms with E-state index in [1.54, 1.807) is 5.57 Å². The second-order valence-corrected chi connectivity index (χ2v) is 6.48. The van der Waals surface area contributed by atoms with E-state index < -0.39 is 9.04 Å². The molecule has 0 atom stereocenters. The van der Waals surface area contributed by atoms with Crippen LogP contribution in [0, 0.1) is 0 Å². The predicted molar refractivity (Wildman–Crippen MR) is 60.4 cm³/mol. The largest absolute Gasteiger partial charge is 0.550 e. The van der Waals surface area contributed by atoms with Gasteiger partial charge in [0.25, 0.3) is 0 Å². The van der Waals surface area contributed by atoms with E-state index in [-0.39, 0.29) is 0 Å². The molecular formula is C11H22OSi. The van der Waals surface area contributed by atoms with Crippen LogP contribution in [0.4, 0.5) is 0 Å². The maximum Gasteiger partial charge on any atom is 0.229 e. The highest BCUT2D eigenvalue weighted by Gasteiger charge is 2.15. The fourth-order valence-electron chi connectivity index (χ4n) is 1.86.